The quantitative estimate of drug-likeness (QED) is 0.513. The molecule has 0 saturated carbocycles. The van der Waals surface area contributed by atoms with E-state index in [9.17, 15) is 14.7 Å². The van der Waals surface area contributed by atoms with Gasteiger partial charge < -0.3 is 21.5 Å². The van der Waals surface area contributed by atoms with E-state index in [1.54, 1.807) is 31.3 Å². The van der Waals surface area contributed by atoms with Gasteiger partial charge in [0.1, 0.15) is 17.2 Å². The molecule has 0 bridgehead atoms. The Morgan fingerprint density at radius 2 is 2.07 bits per heavy atom. The monoisotopic (exact) mass is 386 g/mol. The Morgan fingerprint density at radius 3 is 2.81 bits per heavy atom. The largest absolute Gasteiger partial charge is 0.508 e. The van der Waals surface area contributed by atoms with Crippen molar-refractivity contribution in [3.63, 3.8) is 0 Å². The van der Waals surface area contributed by atoms with Crippen molar-refractivity contribution >= 4 is 39.8 Å². The van der Waals surface area contributed by atoms with Crippen LogP contribution in [0.15, 0.2) is 30.6 Å². The number of anilines is 3. The zero-order valence-electron chi connectivity index (χ0n) is 14.7. The van der Waals surface area contributed by atoms with Crippen LogP contribution in [0.3, 0.4) is 0 Å². The molecule has 10 heteroatoms. The van der Waals surface area contributed by atoms with Gasteiger partial charge in [-0.2, -0.15) is 5.10 Å². The molecule has 140 valence electrons. The molecule has 2 heterocycles. The molecule has 5 N–H and O–H groups in total. The van der Waals surface area contributed by atoms with E-state index in [1.807, 2.05) is 6.92 Å². The van der Waals surface area contributed by atoms with Gasteiger partial charge in [0.2, 0.25) is 5.91 Å². The third-order valence-corrected chi connectivity index (χ3v) is 4.72. The maximum Gasteiger partial charge on any atom is 0.267 e. The van der Waals surface area contributed by atoms with Crippen molar-refractivity contribution in [2.24, 2.45) is 5.73 Å². The van der Waals surface area contributed by atoms with Crippen LogP contribution in [0.25, 0.3) is 0 Å². The third-order valence-electron chi connectivity index (χ3n) is 3.81. The molecule has 0 aliphatic carbocycles. The molecule has 0 aliphatic rings. The van der Waals surface area contributed by atoms with Gasteiger partial charge in [-0.3, -0.25) is 14.3 Å². The number of benzene rings is 1. The van der Waals surface area contributed by atoms with Gasteiger partial charge >= 0.3 is 0 Å². The van der Waals surface area contributed by atoms with Gasteiger partial charge in [0.15, 0.2) is 10.9 Å². The Bertz CT molecular complexity index is 1010. The van der Waals surface area contributed by atoms with E-state index >= 15 is 0 Å². The van der Waals surface area contributed by atoms with E-state index < -0.39 is 5.91 Å². The fourth-order valence-corrected chi connectivity index (χ4v) is 3.14. The maximum absolute atomic E-state index is 12.5. The van der Waals surface area contributed by atoms with E-state index in [0.29, 0.717) is 27.1 Å². The Kier molecular flexibility index (Phi) is 5.08. The normalized spacial score (nSPS) is 10.6. The summed E-state index contributed by atoms with van der Waals surface area (Å²) in [5, 5.41) is 20.2. The van der Waals surface area contributed by atoms with Gasteiger partial charge in [-0.15, -0.1) is 0 Å². The molecule has 27 heavy (non-hydrogen) atoms. The molecule has 3 aromatic rings. The van der Waals surface area contributed by atoms with Crippen molar-refractivity contribution in [1.29, 1.82) is 0 Å². The number of hydrogen-bond acceptors (Lipinski definition) is 7. The molecule has 3 rings (SSSR count). The molecule has 1 aromatic carbocycles. The van der Waals surface area contributed by atoms with Gasteiger partial charge in [0.25, 0.3) is 5.91 Å². The van der Waals surface area contributed by atoms with Gasteiger partial charge in [0, 0.05) is 17.8 Å². The number of amides is 2. The van der Waals surface area contributed by atoms with Crippen LogP contribution < -0.4 is 16.4 Å². The summed E-state index contributed by atoms with van der Waals surface area (Å²) in [4.78, 5) is 28.0. The van der Waals surface area contributed by atoms with Crippen LogP contribution in [-0.4, -0.2) is 31.7 Å². The first-order chi connectivity index (χ1) is 12.8. The number of carbonyl (C=O) groups excluding carboxylic acids is 2. The van der Waals surface area contributed by atoms with Gasteiger partial charge in [-0.1, -0.05) is 17.4 Å². The van der Waals surface area contributed by atoms with E-state index in [1.165, 1.54) is 10.9 Å². The Labute approximate surface area is 158 Å². The van der Waals surface area contributed by atoms with E-state index in [0.717, 1.165) is 16.9 Å². The van der Waals surface area contributed by atoms with Crippen molar-refractivity contribution in [1.82, 2.24) is 14.8 Å². The summed E-state index contributed by atoms with van der Waals surface area (Å²) in [5.74, 6) is -0.210. The topological polar surface area (TPSA) is 135 Å². The maximum atomic E-state index is 12.5. The molecular formula is C17H18N6O3S. The van der Waals surface area contributed by atoms with E-state index in [-0.39, 0.29) is 18.2 Å². The number of primary amides is 1. The lowest BCUT2D eigenvalue weighted by molar-refractivity contribution is -0.118. The number of aryl methyl sites for hydroxylation is 1. The zero-order valence-corrected chi connectivity index (χ0v) is 15.5. The number of phenols is 1. The number of nitrogens with zero attached hydrogens (tertiary/aromatic N) is 3. The molecule has 0 aliphatic heterocycles. The molecule has 2 aromatic heterocycles. The van der Waals surface area contributed by atoms with Crippen molar-refractivity contribution in [2.75, 3.05) is 10.6 Å². The van der Waals surface area contributed by atoms with Gasteiger partial charge in [-0.05, 0) is 25.5 Å². The summed E-state index contributed by atoms with van der Waals surface area (Å²) in [5.41, 5.74) is 7.15. The summed E-state index contributed by atoms with van der Waals surface area (Å²) in [6.07, 6.45) is 3.07. The predicted molar refractivity (Wildman–Crippen MR) is 102 cm³/mol. The molecule has 0 radical (unpaired) electrons. The lowest BCUT2D eigenvalue weighted by atomic mass is 10.1. The number of nitrogens with one attached hydrogen (secondary N) is 2. The Balaban J connectivity index is 1.70. The highest BCUT2D eigenvalue weighted by Crippen LogP contribution is 2.29. The van der Waals surface area contributed by atoms with Crippen LogP contribution in [0.2, 0.25) is 0 Å². The average Bonchev–Trinajstić information content (AvgIpc) is 3.24. The third kappa shape index (κ3) is 4.23. The van der Waals surface area contributed by atoms with Gasteiger partial charge in [0.05, 0.1) is 11.9 Å². The Morgan fingerprint density at radius 1 is 1.30 bits per heavy atom. The number of phenolic OH excluding ortho intramolecular Hbond substituents is 1. The van der Waals surface area contributed by atoms with Crippen molar-refractivity contribution in [3.05, 3.63) is 46.6 Å². The summed E-state index contributed by atoms with van der Waals surface area (Å²) >= 11 is 1.16. The first kappa shape index (κ1) is 18.4. The number of carbonyl (C=O) groups is 2. The highest BCUT2D eigenvalue weighted by Gasteiger charge is 2.15. The summed E-state index contributed by atoms with van der Waals surface area (Å²) in [6.45, 7) is 3.57. The lowest BCUT2D eigenvalue weighted by Gasteiger charge is -2.11. The molecule has 9 nitrogen and oxygen atoms in total. The standard InChI is InChI=1S/C17H18N6O3S/c1-9-3-4-11(24)10(2)15(9)21-16(26)12-7-19-17(27-12)20-14-5-6-23(22-14)8-13(18)25/h3-7,24H,8H2,1-2H3,(H2,18,25)(H,21,26)(H,19,20,22). The smallest absolute Gasteiger partial charge is 0.267 e. The van der Waals surface area contributed by atoms with Crippen LogP contribution in [0.5, 0.6) is 5.75 Å². The summed E-state index contributed by atoms with van der Waals surface area (Å²) < 4.78 is 1.40. The minimum absolute atomic E-state index is 0.0180. The highest BCUT2D eigenvalue weighted by molar-refractivity contribution is 7.17. The van der Waals surface area contributed by atoms with E-state index in [4.69, 9.17) is 5.73 Å². The Hall–Kier alpha value is -3.40. The first-order valence-corrected chi connectivity index (χ1v) is 8.80. The number of aromatic hydroxyl groups is 1. The molecule has 0 fully saturated rings. The second-order valence-corrected chi connectivity index (χ2v) is 6.91. The van der Waals surface area contributed by atoms with E-state index in [2.05, 4.69) is 20.7 Å². The minimum Gasteiger partial charge on any atom is -0.508 e. The number of thiazole rings is 1. The number of rotatable bonds is 6. The lowest BCUT2D eigenvalue weighted by Crippen LogP contribution is -2.18. The molecular weight excluding hydrogens is 368 g/mol. The zero-order chi connectivity index (χ0) is 19.6. The summed E-state index contributed by atoms with van der Waals surface area (Å²) in [7, 11) is 0. The van der Waals surface area contributed by atoms with Crippen molar-refractivity contribution in [3.8, 4) is 5.75 Å². The van der Waals surface area contributed by atoms with Crippen LogP contribution in [0.1, 0.15) is 20.8 Å². The summed E-state index contributed by atoms with van der Waals surface area (Å²) in [6, 6.07) is 5.00. The predicted octanol–water partition coefficient (Wildman–Crippen LogP) is 2.14. The SMILES string of the molecule is Cc1ccc(O)c(C)c1NC(=O)c1cnc(Nc2ccn(CC(N)=O)n2)s1. The van der Waals surface area contributed by atoms with Crippen molar-refractivity contribution < 1.29 is 14.7 Å². The second-order valence-electron chi connectivity index (χ2n) is 5.88. The fourth-order valence-electron chi connectivity index (χ4n) is 2.43. The number of nitrogens with two attached hydrogens (primary N) is 1. The number of hydrogen-bond donors (Lipinski definition) is 4. The average molecular weight is 386 g/mol. The number of aromatic nitrogens is 3. The highest BCUT2D eigenvalue weighted by atomic mass is 32.1. The van der Waals surface area contributed by atoms with Crippen LogP contribution in [0, 0.1) is 13.8 Å². The van der Waals surface area contributed by atoms with Crippen molar-refractivity contribution in [2.45, 2.75) is 20.4 Å². The molecule has 2 amide bonds. The molecule has 0 atom stereocenters. The molecule has 0 spiro atoms. The van der Waals surface area contributed by atoms with Gasteiger partial charge in [-0.25, -0.2) is 4.98 Å². The van der Waals surface area contributed by atoms with Crippen LogP contribution in [-0.2, 0) is 11.3 Å². The second kappa shape index (κ2) is 7.46. The molecule has 0 unspecified atom stereocenters. The fraction of sp³-hybridized carbons (Fsp3) is 0.176. The van der Waals surface area contributed by atoms with Crippen LogP contribution >= 0.6 is 11.3 Å². The molecule has 0 saturated heterocycles. The first-order valence-electron chi connectivity index (χ1n) is 7.98. The van der Waals surface area contributed by atoms with Crippen LogP contribution in [0.4, 0.5) is 16.6 Å². The minimum atomic E-state index is -0.490.